The van der Waals surface area contributed by atoms with E-state index in [1.54, 1.807) is 14.0 Å². The fourth-order valence-corrected chi connectivity index (χ4v) is 2.01. The number of hydrogen-bond donors (Lipinski definition) is 2. The first kappa shape index (κ1) is 13.8. The molecule has 0 aliphatic heterocycles. The molecule has 8 heteroatoms. The van der Waals surface area contributed by atoms with Crippen LogP contribution >= 0.6 is 11.8 Å². The molecule has 1 rings (SSSR count). The van der Waals surface area contributed by atoms with E-state index in [1.165, 1.54) is 4.57 Å². The molecule has 7 nitrogen and oxygen atoms in total. The Balaban J connectivity index is 2.72. The lowest BCUT2D eigenvalue weighted by molar-refractivity contribution is -0.117. The summed E-state index contributed by atoms with van der Waals surface area (Å²) in [4.78, 5) is 22.4. The second-order valence-corrected chi connectivity index (χ2v) is 4.78. The Kier molecular flexibility index (Phi) is 5.23. The third-order valence-electron chi connectivity index (χ3n) is 2.14. The Morgan fingerprint density at radius 3 is 3.00 bits per heavy atom. The Morgan fingerprint density at radius 1 is 1.71 bits per heavy atom. The highest BCUT2D eigenvalue weighted by molar-refractivity contribution is 8.00. The zero-order chi connectivity index (χ0) is 12.8. The Morgan fingerprint density at radius 2 is 2.41 bits per heavy atom. The maximum absolute atomic E-state index is 11.5. The molecule has 1 heterocycles. The van der Waals surface area contributed by atoms with E-state index in [9.17, 15) is 9.59 Å². The van der Waals surface area contributed by atoms with E-state index in [0.717, 1.165) is 11.8 Å². The van der Waals surface area contributed by atoms with Gasteiger partial charge in [-0.05, 0) is 13.3 Å². The van der Waals surface area contributed by atoms with Crippen LogP contribution in [0.15, 0.2) is 9.95 Å². The zero-order valence-electron chi connectivity index (χ0n) is 9.80. The van der Waals surface area contributed by atoms with E-state index in [-0.39, 0.29) is 5.69 Å². The summed E-state index contributed by atoms with van der Waals surface area (Å²) < 4.78 is 6.39. The van der Waals surface area contributed by atoms with Gasteiger partial charge in [0.25, 0.3) is 0 Å². The summed E-state index contributed by atoms with van der Waals surface area (Å²) in [6.07, 6.45) is 0.703. The van der Waals surface area contributed by atoms with Crippen molar-refractivity contribution >= 4 is 17.7 Å². The number of H-pyrrole nitrogens is 1. The molecule has 0 bridgehead atoms. The topological polar surface area (TPSA) is 103 Å². The first-order valence-corrected chi connectivity index (χ1v) is 6.04. The van der Waals surface area contributed by atoms with Crippen LogP contribution in [0, 0.1) is 0 Å². The summed E-state index contributed by atoms with van der Waals surface area (Å²) in [5.41, 5.74) is 4.87. The summed E-state index contributed by atoms with van der Waals surface area (Å²) in [7, 11) is 1.60. The molecular weight excluding hydrogens is 244 g/mol. The van der Waals surface area contributed by atoms with Crippen molar-refractivity contribution in [1.82, 2.24) is 14.8 Å². The molecule has 0 aliphatic carbocycles. The van der Waals surface area contributed by atoms with Crippen LogP contribution in [-0.2, 0) is 16.1 Å². The minimum atomic E-state index is -0.436. The second-order valence-electron chi connectivity index (χ2n) is 3.47. The highest BCUT2D eigenvalue weighted by Gasteiger charge is 2.16. The van der Waals surface area contributed by atoms with Gasteiger partial charge in [0.05, 0.1) is 5.25 Å². The first-order valence-electron chi connectivity index (χ1n) is 5.16. The van der Waals surface area contributed by atoms with Crippen molar-refractivity contribution in [2.24, 2.45) is 5.73 Å². The summed E-state index contributed by atoms with van der Waals surface area (Å²) in [5.74, 6) is -0.436. The number of nitrogens with one attached hydrogen (secondary N) is 1. The average molecular weight is 260 g/mol. The van der Waals surface area contributed by atoms with Gasteiger partial charge >= 0.3 is 5.69 Å². The van der Waals surface area contributed by atoms with E-state index in [1.807, 2.05) is 0 Å². The molecule has 1 aromatic heterocycles. The highest BCUT2D eigenvalue weighted by Crippen LogP contribution is 2.19. The smallest absolute Gasteiger partial charge is 0.343 e. The zero-order valence-corrected chi connectivity index (χ0v) is 10.6. The molecule has 0 saturated heterocycles. The minimum absolute atomic E-state index is 0.291. The number of nitrogens with two attached hydrogens (primary N) is 1. The normalized spacial score (nSPS) is 12.6. The van der Waals surface area contributed by atoms with E-state index < -0.39 is 11.2 Å². The molecule has 96 valence electrons. The number of methoxy groups -OCH3 is 1. The molecule has 1 atom stereocenters. The average Bonchev–Trinajstić information content (AvgIpc) is 2.61. The van der Waals surface area contributed by atoms with Crippen molar-refractivity contribution in [2.75, 3.05) is 13.7 Å². The third-order valence-corrected chi connectivity index (χ3v) is 3.24. The van der Waals surface area contributed by atoms with Crippen molar-refractivity contribution in [3.63, 3.8) is 0 Å². The summed E-state index contributed by atoms with van der Waals surface area (Å²) in [6.45, 7) is 2.73. The third kappa shape index (κ3) is 3.90. The van der Waals surface area contributed by atoms with Crippen LogP contribution in [0.3, 0.4) is 0 Å². The molecule has 0 radical (unpaired) electrons. The Bertz CT molecular complexity index is 428. The number of nitrogens with zero attached hydrogens (tertiary/aromatic N) is 2. The van der Waals surface area contributed by atoms with E-state index in [2.05, 4.69) is 10.2 Å². The largest absolute Gasteiger partial charge is 0.385 e. The monoisotopic (exact) mass is 260 g/mol. The summed E-state index contributed by atoms with van der Waals surface area (Å²) in [5, 5.41) is 6.25. The minimum Gasteiger partial charge on any atom is -0.385 e. The number of ether oxygens (including phenoxy) is 1. The molecule has 0 spiro atoms. The van der Waals surface area contributed by atoms with Gasteiger partial charge in [-0.15, -0.1) is 5.10 Å². The van der Waals surface area contributed by atoms with Crippen LogP contribution in [-0.4, -0.2) is 39.6 Å². The first-order chi connectivity index (χ1) is 8.06. The summed E-state index contributed by atoms with van der Waals surface area (Å²) in [6, 6.07) is 0. The molecule has 0 unspecified atom stereocenters. The molecule has 1 aromatic rings. The number of thioether (sulfide) groups is 1. The van der Waals surface area contributed by atoms with Crippen LogP contribution in [0.25, 0.3) is 0 Å². The molecule has 1 amide bonds. The molecule has 0 fully saturated rings. The maximum atomic E-state index is 11.5. The van der Waals surface area contributed by atoms with Gasteiger partial charge in [0.15, 0.2) is 5.16 Å². The van der Waals surface area contributed by atoms with Gasteiger partial charge in [0.1, 0.15) is 0 Å². The molecular formula is C9H16N4O3S. The van der Waals surface area contributed by atoms with Crippen molar-refractivity contribution in [3.8, 4) is 0 Å². The molecule has 17 heavy (non-hydrogen) atoms. The van der Waals surface area contributed by atoms with Gasteiger partial charge in [0.2, 0.25) is 5.91 Å². The van der Waals surface area contributed by atoms with E-state index >= 15 is 0 Å². The van der Waals surface area contributed by atoms with Crippen molar-refractivity contribution in [2.45, 2.75) is 30.3 Å². The standard InChI is InChI=1S/C9H16N4O3S/c1-6(7(10)14)17-9-12-11-8(15)13(9)4-3-5-16-2/h6H,3-5H2,1-2H3,(H2,10,14)(H,11,15)/t6-/m1/s1. The number of carbonyl (C=O) groups is 1. The van der Waals surface area contributed by atoms with Crippen LogP contribution in [0.2, 0.25) is 0 Å². The van der Waals surface area contributed by atoms with Crippen molar-refractivity contribution in [1.29, 1.82) is 0 Å². The van der Waals surface area contributed by atoms with E-state index in [4.69, 9.17) is 10.5 Å². The summed E-state index contributed by atoms with van der Waals surface area (Å²) >= 11 is 1.16. The second kappa shape index (κ2) is 6.45. The SMILES string of the molecule is COCCCn1c(S[C@H](C)C(N)=O)n[nH]c1=O. The number of aromatic nitrogens is 3. The number of primary amides is 1. The maximum Gasteiger partial charge on any atom is 0.343 e. The van der Waals surface area contributed by atoms with Crippen molar-refractivity contribution < 1.29 is 9.53 Å². The number of amides is 1. The van der Waals surface area contributed by atoms with Gasteiger partial charge in [-0.25, -0.2) is 9.89 Å². The number of hydrogen-bond acceptors (Lipinski definition) is 5. The van der Waals surface area contributed by atoms with Gasteiger partial charge in [-0.3, -0.25) is 9.36 Å². The number of aromatic amines is 1. The van der Waals surface area contributed by atoms with Gasteiger partial charge < -0.3 is 10.5 Å². The van der Waals surface area contributed by atoms with Crippen LogP contribution < -0.4 is 11.4 Å². The molecule has 0 aliphatic rings. The number of carbonyl (C=O) groups excluding carboxylic acids is 1. The lowest BCUT2D eigenvalue weighted by Crippen LogP contribution is -2.24. The van der Waals surface area contributed by atoms with E-state index in [0.29, 0.717) is 24.7 Å². The molecule has 3 N–H and O–H groups in total. The predicted molar refractivity (Wildman–Crippen MR) is 63.9 cm³/mol. The van der Waals surface area contributed by atoms with Crippen LogP contribution in [0.4, 0.5) is 0 Å². The highest BCUT2D eigenvalue weighted by atomic mass is 32.2. The fraction of sp³-hybridized carbons (Fsp3) is 0.667. The Hall–Kier alpha value is -1.28. The predicted octanol–water partition coefficient (Wildman–Crippen LogP) is -0.426. The molecule has 0 saturated carbocycles. The van der Waals surface area contributed by atoms with Gasteiger partial charge in [-0.2, -0.15) is 0 Å². The van der Waals surface area contributed by atoms with Crippen LogP contribution in [0.1, 0.15) is 13.3 Å². The lowest BCUT2D eigenvalue weighted by atomic mass is 10.4. The Labute approximate surface area is 103 Å². The molecule has 0 aromatic carbocycles. The fourth-order valence-electron chi connectivity index (χ4n) is 1.17. The van der Waals surface area contributed by atoms with Gasteiger partial charge in [-0.1, -0.05) is 11.8 Å². The number of rotatable bonds is 7. The van der Waals surface area contributed by atoms with Gasteiger partial charge in [0, 0.05) is 20.3 Å². The van der Waals surface area contributed by atoms with Crippen LogP contribution in [0.5, 0.6) is 0 Å². The van der Waals surface area contributed by atoms with Crippen molar-refractivity contribution in [3.05, 3.63) is 10.5 Å². The quantitative estimate of drug-likeness (QED) is 0.511. The lowest BCUT2D eigenvalue weighted by Gasteiger charge is -2.07.